The number of fused-ring (bicyclic) bond motifs is 1. The minimum Gasteiger partial charge on any atom is -0.484 e. The fourth-order valence-electron chi connectivity index (χ4n) is 2.66. The maximum atomic E-state index is 6.39. The normalized spacial score (nSPS) is 12.4. The van der Waals surface area contributed by atoms with Crippen molar-refractivity contribution in [3.63, 3.8) is 0 Å². The molecule has 0 saturated heterocycles. The number of thiophene rings is 1. The van der Waals surface area contributed by atoms with Crippen LogP contribution in [0.3, 0.4) is 0 Å². The quantitative estimate of drug-likeness (QED) is 0.612. The van der Waals surface area contributed by atoms with Gasteiger partial charge >= 0.3 is 0 Å². The van der Waals surface area contributed by atoms with Crippen molar-refractivity contribution in [2.45, 2.75) is 25.4 Å². The molecule has 0 fully saturated rings. The summed E-state index contributed by atoms with van der Waals surface area (Å²) in [5, 5.41) is 4.50. The fraction of sp³-hybridized carbons (Fsp3) is 0.263. The van der Waals surface area contributed by atoms with Crippen LogP contribution in [-0.2, 0) is 0 Å². The lowest BCUT2D eigenvalue weighted by atomic mass is 10.1. The second kappa shape index (κ2) is 7.43. The lowest BCUT2D eigenvalue weighted by molar-refractivity contribution is 0.197. The van der Waals surface area contributed by atoms with Gasteiger partial charge in [-0.05, 0) is 48.7 Å². The molecule has 0 saturated carbocycles. The second-order valence-corrected chi connectivity index (χ2v) is 6.36. The van der Waals surface area contributed by atoms with Crippen LogP contribution in [0.4, 0.5) is 0 Å². The van der Waals surface area contributed by atoms with Crippen molar-refractivity contribution in [2.24, 2.45) is 5.73 Å². The molecule has 2 aromatic carbocycles. The summed E-state index contributed by atoms with van der Waals surface area (Å²) in [6, 6.07) is 18.8. The van der Waals surface area contributed by atoms with Gasteiger partial charge in [-0.15, -0.1) is 11.3 Å². The summed E-state index contributed by atoms with van der Waals surface area (Å²) in [6.45, 7) is 0.741. The first-order chi connectivity index (χ1) is 10.9. The second-order valence-electron chi connectivity index (χ2n) is 5.38. The van der Waals surface area contributed by atoms with E-state index in [2.05, 4.69) is 60.0 Å². The molecule has 0 radical (unpaired) electrons. The fourth-order valence-corrected chi connectivity index (χ4v) is 3.45. The van der Waals surface area contributed by atoms with E-state index in [9.17, 15) is 0 Å². The van der Waals surface area contributed by atoms with Crippen molar-refractivity contribution in [1.29, 1.82) is 0 Å². The summed E-state index contributed by atoms with van der Waals surface area (Å²) in [4.78, 5) is 1.28. The average molecular weight is 311 g/mol. The van der Waals surface area contributed by atoms with E-state index in [1.165, 1.54) is 15.6 Å². The maximum Gasteiger partial charge on any atom is 0.133 e. The van der Waals surface area contributed by atoms with Gasteiger partial charge in [0, 0.05) is 10.3 Å². The Balaban J connectivity index is 1.85. The molecule has 0 aliphatic heterocycles. The first kappa shape index (κ1) is 15.1. The lowest BCUT2D eigenvalue weighted by Crippen LogP contribution is -2.08. The standard InChI is InChI=1S/C19H21NOS/c20-13-4-3-10-18(19-12-6-14-22-19)21-17-11-5-8-15-7-1-2-9-16(15)17/h1-2,5-9,11-12,14,18H,3-4,10,13,20H2. The minimum absolute atomic E-state index is 0.109. The van der Waals surface area contributed by atoms with Crippen LogP contribution in [0, 0.1) is 0 Å². The summed E-state index contributed by atoms with van der Waals surface area (Å²) in [7, 11) is 0. The smallest absolute Gasteiger partial charge is 0.133 e. The number of hydrogen-bond donors (Lipinski definition) is 1. The largest absolute Gasteiger partial charge is 0.484 e. The summed E-state index contributed by atoms with van der Waals surface area (Å²) in [5.41, 5.74) is 5.62. The van der Waals surface area contributed by atoms with E-state index in [0.717, 1.165) is 31.6 Å². The Morgan fingerprint density at radius 3 is 2.64 bits per heavy atom. The van der Waals surface area contributed by atoms with Gasteiger partial charge in [-0.3, -0.25) is 0 Å². The lowest BCUT2D eigenvalue weighted by Gasteiger charge is -2.19. The van der Waals surface area contributed by atoms with Crippen LogP contribution in [0.2, 0.25) is 0 Å². The van der Waals surface area contributed by atoms with Gasteiger partial charge in [-0.2, -0.15) is 0 Å². The van der Waals surface area contributed by atoms with Gasteiger partial charge in [0.05, 0.1) is 0 Å². The van der Waals surface area contributed by atoms with E-state index in [0.29, 0.717) is 0 Å². The molecule has 0 bridgehead atoms. The van der Waals surface area contributed by atoms with Crippen molar-refractivity contribution in [3.05, 3.63) is 64.9 Å². The molecule has 0 amide bonds. The van der Waals surface area contributed by atoms with E-state index in [4.69, 9.17) is 10.5 Å². The Kier molecular flexibility index (Phi) is 5.09. The molecular weight excluding hydrogens is 290 g/mol. The third kappa shape index (κ3) is 3.49. The van der Waals surface area contributed by atoms with E-state index in [1.54, 1.807) is 11.3 Å². The van der Waals surface area contributed by atoms with E-state index in [1.807, 2.05) is 0 Å². The average Bonchev–Trinajstić information content (AvgIpc) is 3.09. The molecule has 2 nitrogen and oxygen atoms in total. The molecule has 0 aliphatic carbocycles. The minimum atomic E-state index is 0.109. The van der Waals surface area contributed by atoms with Crippen molar-refractivity contribution < 1.29 is 4.74 Å². The highest BCUT2D eigenvalue weighted by Crippen LogP contribution is 2.33. The molecule has 1 atom stereocenters. The Morgan fingerprint density at radius 1 is 0.955 bits per heavy atom. The predicted molar refractivity (Wildman–Crippen MR) is 94.5 cm³/mol. The number of benzene rings is 2. The molecule has 2 N–H and O–H groups in total. The van der Waals surface area contributed by atoms with Crippen LogP contribution in [0.1, 0.15) is 30.2 Å². The number of unbranched alkanes of at least 4 members (excludes halogenated alkanes) is 1. The molecule has 114 valence electrons. The van der Waals surface area contributed by atoms with Gasteiger partial charge in [-0.1, -0.05) is 42.5 Å². The zero-order chi connectivity index (χ0) is 15.2. The number of nitrogens with two attached hydrogens (primary N) is 1. The molecule has 1 unspecified atom stereocenters. The summed E-state index contributed by atoms with van der Waals surface area (Å²) >= 11 is 1.76. The van der Waals surface area contributed by atoms with Crippen molar-refractivity contribution in [1.82, 2.24) is 0 Å². The van der Waals surface area contributed by atoms with Crippen LogP contribution in [0.5, 0.6) is 5.75 Å². The molecule has 1 heterocycles. The number of ether oxygens (including phenoxy) is 1. The Hall–Kier alpha value is -1.84. The summed E-state index contributed by atoms with van der Waals surface area (Å²) in [5.74, 6) is 0.962. The topological polar surface area (TPSA) is 35.2 Å². The van der Waals surface area contributed by atoms with Gasteiger partial charge in [0.1, 0.15) is 11.9 Å². The molecule has 1 aromatic heterocycles. The molecule has 0 spiro atoms. The molecular formula is C19H21NOS. The highest BCUT2D eigenvalue weighted by Gasteiger charge is 2.15. The third-order valence-corrected chi connectivity index (χ3v) is 4.76. The molecule has 22 heavy (non-hydrogen) atoms. The van der Waals surface area contributed by atoms with E-state index in [-0.39, 0.29) is 6.10 Å². The van der Waals surface area contributed by atoms with E-state index >= 15 is 0 Å². The zero-order valence-electron chi connectivity index (χ0n) is 12.6. The van der Waals surface area contributed by atoms with Crippen LogP contribution in [-0.4, -0.2) is 6.54 Å². The Bertz CT molecular complexity index is 703. The zero-order valence-corrected chi connectivity index (χ0v) is 13.4. The number of rotatable bonds is 7. The maximum absolute atomic E-state index is 6.39. The van der Waals surface area contributed by atoms with Crippen LogP contribution in [0.25, 0.3) is 10.8 Å². The highest BCUT2D eigenvalue weighted by molar-refractivity contribution is 7.10. The van der Waals surface area contributed by atoms with Gasteiger partial charge in [0.25, 0.3) is 0 Å². The predicted octanol–water partition coefficient (Wildman–Crippen LogP) is 5.15. The van der Waals surface area contributed by atoms with Crippen LogP contribution >= 0.6 is 11.3 Å². The van der Waals surface area contributed by atoms with Gasteiger partial charge in [-0.25, -0.2) is 0 Å². The summed E-state index contributed by atoms with van der Waals surface area (Å²) < 4.78 is 6.39. The third-order valence-electron chi connectivity index (χ3n) is 3.80. The van der Waals surface area contributed by atoms with Crippen LogP contribution < -0.4 is 10.5 Å². The van der Waals surface area contributed by atoms with Gasteiger partial charge in [0.15, 0.2) is 0 Å². The van der Waals surface area contributed by atoms with Gasteiger partial charge in [0.2, 0.25) is 0 Å². The molecule has 3 heteroatoms. The van der Waals surface area contributed by atoms with Crippen molar-refractivity contribution in [3.8, 4) is 5.75 Å². The Labute approximate surface area is 135 Å². The van der Waals surface area contributed by atoms with Crippen molar-refractivity contribution in [2.75, 3.05) is 6.54 Å². The SMILES string of the molecule is NCCCCC(Oc1cccc2ccccc12)c1cccs1. The molecule has 3 aromatic rings. The van der Waals surface area contributed by atoms with Crippen LogP contribution in [0.15, 0.2) is 60.0 Å². The van der Waals surface area contributed by atoms with Crippen molar-refractivity contribution >= 4 is 22.1 Å². The number of hydrogen-bond acceptors (Lipinski definition) is 3. The first-order valence-corrected chi connectivity index (χ1v) is 8.64. The summed E-state index contributed by atoms with van der Waals surface area (Å²) in [6.07, 6.45) is 3.24. The highest BCUT2D eigenvalue weighted by atomic mass is 32.1. The Morgan fingerprint density at radius 2 is 1.82 bits per heavy atom. The van der Waals surface area contributed by atoms with Gasteiger partial charge < -0.3 is 10.5 Å². The van der Waals surface area contributed by atoms with E-state index < -0.39 is 0 Å². The molecule has 0 aliphatic rings. The monoisotopic (exact) mass is 311 g/mol. The first-order valence-electron chi connectivity index (χ1n) is 7.76. The molecule has 3 rings (SSSR count).